The number of aryl methyl sites for hydroxylation is 2. The van der Waals surface area contributed by atoms with Crippen LogP contribution >= 0.6 is 0 Å². The summed E-state index contributed by atoms with van der Waals surface area (Å²) in [6, 6.07) is 0. The van der Waals surface area contributed by atoms with E-state index in [1.54, 1.807) is 6.33 Å². The van der Waals surface area contributed by atoms with E-state index in [-0.39, 0.29) is 0 Å². The molecule has 2 aromatic heterocycles. The first-order valence-electron chi connectivity index (χ1n) is 7.88. The molecule has 1 N–H and O–H groups in total. The molecule has 21 heavy (non-hydrogen) atoms. The van der Waals surface area contributed by atoms with E-state index >= 15 is 0 Å². The van der Waals surface area contributed by atoms with Crippen molar-refractivity contribution in [1.29, 1.82) is 0 Å². The van der Waals surface area contributed by atoms with Gasteiger partial charge in [0, 0.05) is 18.8 Å². The number of hydrogen-bond donors (Lipinski definition) is 1. The third kappa shape index (κ3) is 3.15. The van der Waals surface area contributed by atoms with Crippen LogP contribution in [-0.4, -0.2) is 36.9 Å². The fraction of sp³-hybridized carbons (Fsp3) is 0.667. The molecule has 1 aliphatic rings. The minimum Gasteiger partial charge on any atom is -0.293 e. The number of nitrogens with zero attached hydrogens (tertiary/aromatic N) is 5. The van der Waals surface area contributed by atoms with Crippen LogP contribution < -0.4 is 0 Å². The largest absolute Gasteiger partial charge is 0.293 e. The number of rotatable bonds is 5. The normalized spacial score (nSPS) is 15.2. The Morgan fingerprint density at radius 2 is 2.10 bits per heavy atom. The van der Waals surface area contributed by atoms with Crippen LogP contribution in [0.15, 0.2) is 6.33 Å². The van der Waals surface area contributed by atoms with Crippen molar-refractivity contribution >= 4 is 0 Å². The molecule has 0 saturated heterocycles. The van der Waals surface area contributed by atoms with Crippen molar-refractivity contribution in [1.82, 2.24) is 29.9 Å². The third-order valence-electron chi connectivity index (χ3n) is 4.22. The Labute approximate surface area is 125 Å². The zero-order valence-corrected chi connectivity index (χ0v) is 13.0. The first kappa shape index (κ1) is 14.3. The molecular formula is C15H24N6. The minimum atomic E-state index is 0.801. The molecule has 0 saturated carbocycles. The molecule has 1 aliphatic carbocycles. The molecule has 6 heteroatoms. The Morgan fingerprint density at radius 3 is 2.95 bits per heavy atom. The Balaban J connectivity index is 1.67. The Bertz CT molecular complexity index is 585. The summed E-state index contributed by atoms with van der Waals surface area (Å²) < 4.78 is 1.95. The number of fused-ring (bicyclic) bond motifs is 1. The predicted molar refractivity (Wildman–Crippen MR) is 80.7 cm³/mol. The van der Waals surface area contributed by atoms with Crippen molar-refractivity contribution in [2.45, 2.75) is 58.7 Å². The highest BCUT2D eigenvalue weighted by Crippen LogP contribution is 2.22. The van der Waals surface area contributed by atoms with Gasteiger partial charge in [-0.2, -0.15) is 10.2 Å². The summed E-state index contributed by atoms with van der Waals surface area (Å²) in [5, 5.41) is 12.0. The molecule has 0 amide bonds. The number of nitrogens with one attached hydrogen (secondary N) is 1. The minimum absolute atomic E-state index is 0.801. The lowest BCUT2D eigenvalue weighted by molar-refractivity contribution is 0.298. The zero-order valence-electron chi connectivity index (χ0n) is 13.0. The summed E-state index contributed by atoms with van der Waals surface area (Å²) >= 11 is 0. The van der Waals surface area contributed by atoms with Crippen molar-refractivity contribution in [3.8, 4) is 0 Å². The molecule has 0 bridgehead atoms. The Hall–Kier alpha value is -1.69. The molecule has 0 spiro atoms. The van der Waals surface area contributed by atoms with Crippen LogP contribution in [-0.2, 0) is 32.5 Å². The second-order valence-corrected chi connectivity index (χ2v) is 5.85. The van der Waals surface area contributed by atoms with Gasteiger partial charge in [0.15, 0.2) is 0 Å². The third-order valence-corrected chi connectivity index (χ3v) is 4.22. The standard InChI is InChI=1S/C15H24N6/c1-3-21-15(16-11-17-21)10-20(2)9-14-12-7-5-4-6-8-13(12)18-19-14/h11H,3-10H2,1-2H3,(H,18,19). The van der Waals surface area contributed by atoms with Gasteiger partial charge in [-0.1, -0.05) is 6.42 Å². The van der Waals surface area contributed by atoms with Gasteiger partial charge in [0.05, 0.1) is 12.2 Å². The van der Waals surface area contributed by atoms with E-state index in [1.807, 2.05) is 4.68 Å². The van der Waals surface area contributed by atoms with Crippen LogP contribution in [0.5, 0.6) is 0 Å². The maximum atomic E-state index is 4.54. The van der Waals surface area contributed by atoms with Gasteiger partial charge >= 0.3 is 0 Å². The van der Waals surface area contributed by atoms with Crippen LogP contribution in [0, 0.1) is 0 Å². The highest BCUT2D eigenvalue weighted by molar-refractivity contribution is 5.26. The van der Waals surface area contributed by atoms with E-state index in [4.69, 9.17) is 0 Å². The molecule has 114 valence electrons. The van der Waals surface area contributed by atoms with Gasteiger partial charge in [-0.15, -0.1) is 0 Å². The summed E-state index contributed by atoms with van der Waals surface area (Å²) in [4.78, 5) is 6.60. The molecule has 3 rings (SSSR count). The maximum Gasteiger partial charge on any atom is 0.140 e. The average molecular weight is 288 g/mol. The van der Waals surface area contributed by atoms with Crippen LogP contribution in [0.4, 0.5) is 0 Å². The lowest BCUT2D eigenvalue weighted by Gasteiger charge is -2.16. The second-order valence-electron chi connectivity index (χ2n) is 5.85. The van der Waals surface area contributed by atoms with Crippen molar-refractivity contribution in [3.05, 3.63) is 29.1 Å². The first-order chi connectivity index (χ1) is 10.3. The van der Waals surface area contributed by atoms with Gasteiger partial charge in [-0.05, 0) is 45.2 Å². The van der Waals surface area contributed by atoms with Crippen LogP contribution in [0.25, 0.3) is 0 Å². The number of H-pyrrole nitrogens is 1. The number of aromatic nitrogens is 5. The molecule has 2 heterocycles. The van der Waals surface area contributed by atoms with Crippen molar-refractivity contribution < 1.29 is 0 Å². The molecule has 6 nitrogen and oxygen atoms in total. The molecule has 2 aromatic rings. The quantitative estimate of drug-likeness (QED) is 0.854. The fourth-order valence-corrected chi connectivity index (χ4v) is 3.08. The van der Waals surface area contributed by atoms with E-state index in [1.165, 1.54) is 42.6 Å². The monoisotopic (exact) mass is 288 g/mol. The van der Waals surface area contributed by atoms with Crippen molar-refractivity contribution in [3.63, 3.8) is 0 Å². The summed E-state index contributed by atoms with van der Waals surface area (Å²) in [7, 11) is 2.12. The Kier molecular flexibility index (Phi) is 4.34. The van der Waals surface area contributed by atoms with E-state index in [0.717, 1.165) is 31.9 Å². The average Bonchev–Trinajstić information content (AvgIpc) is 2.99. The van der Waals surface area contributed by atoms with Gasteiger partial charge in [0.2, 0.25) is 0 Å². The Morgan fingerprint density at radius 1 is 1.24 bits per heavy atom. The topological polar surface area (TPSA) is 62.6 Å². The zero-order chi connectivity index (χ0) is 14.7. The van der Waals surface area contributed by atoms with Gasteiger partial charge in [-0.3, -0.25) is 10.00 Å². The predicted octanol–water partition coefficient (Wildman–Crippen LogP) is 1.92. The van der Waals surface area contributed by atoms with E-state index < -0.39 is 0 Å². The highest BCUT2D eigenvalue weighted by Gasteiger charge is 2.17. The molecule has 0 aliphatic heterocycles. The molecule has 0 fully saturated rings. The number of aromatic amines is 1. The molecular weight excluding hydrogens is 264 g/mol. The molecule has 0 unspecified atom stereocenters. The lowest BCUT2D eigenvalue weighted by Crippen LogP contribution is -2.21. The molecule has 0 atom stereocenters. The summed E-state index contributed by atoms with van der Waals surface area (Å²) in [6.07, 6.45) is 7.85. The molecule has 0 aromatic carbocycles. The highest BCUT2D eigenvalue weighted by atomic mass is 15.3. The fourth-order valence-electron chi connectivity index (χ4n) is 3.08. The number of hydrogen-bond acceptors (Lipinski definition) is 4. The van der Waals surface area contributed by atoms with Crippen LogP contribution in [0.3, 0.4) is 0 Å². The van der Waals surface area contributed by atoms with Gasteiger partial charge < -0.3 is 0 Å². The maximum absolute atomic E-state index is 4.54. The summed E-state index contributed by atoms with van der Waals surface area (Å²) in [5.74, 6) is 1.02. The van der Waals surface area contributed by atoms with E-state index in [9.17, 15) is 0 Å². The van der Waals surface area contributed by atoms with Crippen molar-refractivity contribution in [2.75, 3.05) is 7.05 Å². The SMILES string of the molecule is CCn1ncnc1CN(C)Cc1n[nH]c2c1CCCCC2. The van der Waals surface area contributed by atoms with E-state index in [0.29, 0.717) is 0 Å². The van der Waals surface area contributed by atoms with Crippen LogP contribution in [0.1, 0.15) is 49.0 Å². The first-order valence-corrected chi connectivity index (χ1v) is 7.88. The van der Waals surface area contributed by atoms with Crippen molar-refractivity contribution in [2.24, 2.45) is 0 Å². The van der Waals surface area contributed by atoms with Gasteiger partial charge in [-0.25, -0.2) is 9.67 Å². The summed E-state index contributed by atoms with van der Waals surface area (Å²) in [6.45, 7) is 4.62. The summed E-state index contributed by atoms with van der Waals surface area (Å²) in [5.41, 5.74) is 4.01. The van der Waals surface area contributed by atoms with Gasteiger partial charge in [0.25, 0.3) is 0 Å². The molecule has 0 radical (unpaired) electrons. The lowest BCUT2D eigenvalue weighted by atomic mass is 10.1. The van der Waals surface area contributed by atoms with Gasteiger partial charge in [0.1, 0.15) is 12.2 Å². The smallest absolute Gasteiger partial charge is 0.140 e. The van der Waals surface area contributed by atoms with E-state index in [2.05, 4.69) is 39.2 Å². The van der Waals surface area contributed by atoms with Crippen LogP contribution in [0.2, 0.25) is 0 Å². The second kappa shape index (κ2) is 6.39.